The van der Waals surface area contributed by atoms with Crippen molar-refractivity contribution in [3.05, 3.63) is 75.5 Å². The normalized spacial score (nSPS) is 12.2. The predicted octanol–water partition coefficient (Wildman–Crippen LogP) is 3.53. The third kappa shape index (κ3) is 4.59. The maximum absolute atomic E-state index is 13.6. The van der Waals surface area contributed by atoms with Crippen LogP contribution in [0.3, 0.4) is 0 Å². The van der Waals surface area contributed by atoms with Gasteiger partial charge < -0.3 is 15.8 Å². The number of hydrogen-bond acceptors (Lipinski definition) is 6. The summed E-state index contributed by atoms with van der Waals surface area (Å²) in [5.41, 5.74) is 8.53. The number of methoxy groups -OCH3 is 1. The van der Waals surface area contributed by atoms with Crippen molar-refractivity contribution in [1.82, 2.24) is 25.3 Å². The highest BCUT2D eigenvalue weighted by Crippen LogP contribution is 2.31. The Morgan fingerprint density at radius 1 is 1.20 bits per heavy atom. The molecule has 0 fully saturated rings. The minimum absolute atomic E-state index is 0.0240. The van der Waals surface area contributed by atoms with Gasteiger partial charge in [-0.15, -0.1) is 0 Å². The second kappa shape index (κ2) is 9.57. The fourth-order valence-electron chi connectivity index (χ4n) is 3.83. The van der Waals surface area contributed by atoms with Crippen molar-refractivity contribution >= 4 is 22.6 Å². The lowest BCUT2D eigenvalue weighted by Gasteiger charge is -2.12. The number of aromatic nitrogens is 4. The molecular formula is C25H27FN6O3. The maximum atomic E-state index is 13.6. The van der Waals surface area contributed by atoms with Gasteiger partial charge in [0.15, 0.2) is 5.82 Å². The fraction of sp³-hybridized carbons (Fsp3) is 0.280. The summed E-state index contributed by atoms with van der Waals surface area (Å²) in [6.45, 7) is 6.37. The summed E-state index contributed by atoms with van der Waals surface area (Å²) in [5, 5.41) is 14.3. The van der Waals surface area contributed by atoms with Crippen LogP contribution in [0.5, 0.6) is 5.75 Å². The van der Waals surface area contributed by atoms with Gasteiger partial charge in [-0.1, -0.05) is 32.9 Å². The maximum Gasteiger partial charge on any atom is 0.275 e. The van der Waals surface area contributed by atoms with Crippen molar-refractivity contribution in [1.29, 1.82) is 0 Å². The Morgan fingerprint density at radius 3 is 2.57 bits per heavy atom. The van der Waals surface area contributed by atoms with Gasteiger partial charge in [0.05, 0.1) is 29.4 Å². The summed E-state index contributed by atoms with van der Waals surface area (Å²) in [7, 11) is 1.42. The first-order chi connectivity index (χ1) is 16.7. The quantitative estimate of drug-likeness (QED) is 0.373. The molecule has 1 unspecified atom stereocenters. The highest BCUT2D eigenvalue weighted by Gasteiger charge is 2.24. The number of carbonyl (C=O) groups excluding carboxylic acids is 1. The van der Waals surface area contributed by atoms with Gasteiger partial charge in [0, 0.05) is 12.5 Å². The molecular weight excluding hydrogens is 451 g/mol. The summed E-state index contributed by atoms with van der Waals surface area (Å²) in [6.07, 6.45) is 0. The molecule has 10 heteroatoms. The Morgan fingerprint density at radius 2 is 1.91 bits per heavy atom. The van der Waals surface area contributed by atoms with E-state index in [0.29, 0.717) is 22.3 Å². The Kier molecular flexibility index (Phi) is 6.54. The zero-order valence-electron chi connectivity index (χ0n) is 19.9. The van der Waals surface area contributed by atoms with Crippen molar-refractivity contribution in [2.45, 2.75) is 33.2 Å². The van der Waals surface area contributed by atoms with E-state index in [4.69, 9.17) is 15.6 Å². The minimum atomic E-state index is -0.523. The first-order valence-electron chi connectivity index (χ1n) is 11.2. The molecule has 9 nitrogen and oxygen atoms in total. The first-order valence-corrected chi connectivity index (χ1v) is 11.2. The van der Waals surface area contributed by atoms with Crippen LogP contribution in [-0.2, 0) is 6.54 Å². The fourth-order valence-corrected chi connectivity index (χ4v) is 3.83. The Labute approximate surface area is 201 Å². The van der Waals surface area contributed by atoms with E-state index in [1.807, 2.05) is 31.2 Å². The van der Waals surface area contributed by atoms with Gasteiger partial charge in [-0.2, -0.15) is 10.2 Å². The summed E-state index contributed by atoms with van der Waals surface area (Å²) in [5.74, 6) is -0.222. The molecule has 35 heavy (non-hydrogen) atoms. The number of benzene rings is 2. The number of aromatic amines is 1. The number of fused-ring (bicyclic) bond motifs is 1. The van der Waals surface area contributed by atoms with E-state index >= 15 is 0 Å². The van der Waals surface area contributed by atoms with Crippen LogP contribution in [0.15, 0.2) is 47.3 Å². The van der Waals surface area contributed by atoms with Gasteiger partial charge in [-0.05, 0) is 41.8 Å². The largest absolute Gasteiger partial charge is 0.496 e. The van der Waals surface area contributed by atoms with Gasteiger partial charge >= 0.3 is 0 Å². The smallest absolute Gasteiger partial charge is 0.275 e. The van der Waals surface area contributed by atoms with Crippen molar-refractivity contribution < 1.29 is 13.9 Å². The highest BCUT2D eigenvalue weighted by molar-refractivity contribution is 5.97. The number of ether oxygens (including phenoxy) is 1. The average molecular weight is 479 g/mol. The van der Waals surface area contributed by atoms with Crippen molar-refractivity contribution in [2.75, 3.05) is 12.8 Å². The molecule has 1 amide bonds. The number of anilines is 1. The van der Waals surface area contributed by atoms with Gasteiger partial charge in [-0.25, -0.2) is 14.2 Å². The lowest BCUT2D eigenvalue weighted by molar-refractivity contribution is 0.0947. The number of H-pyrrole nitrogens is 1. The van der Waals surface area contributed by atoms with E-state index in [2.05, 4.69) is 29.4 Å². The molecule has 4 N–H and O–H groups in total. The number of nitrogens with zero attached hydrogens (tertiary/aromatic N) is 3. The summed E-state index contributed by atoms with van der Waals surface area (Å²) in [6, 6.07) is 11.1. The predicted molar refractivity (Wildman–Crippen MR) is 131 cm³/mol. The molecule has 2 aromatic carbocycles. The van der Waals surface area contributed by atoms with Crippen LogP contribution in [0.2, 0.25) is 0 Å². The summed E-state index contributed by atoms with van der Waals surface area (Å²) >= 11 is 0. The molecule has 4 aromatic rings. The van der Waals surface area contributed by atoms with Crippen molar-refractivity contribution in [3.63, 3.8) is 0 Å². The van der Waals surface area contributed by atoms with E-state index < -0.39 is 11.7 Å². The van der Waals surface area contributed by atoms with E-state index in [1.165, 1.54) is 19.2 Å². The van der Waals surface area contributed by atoms with Crippen LogP contribution in [0.25, 0.3) is 16.6 Å². The first kappa shape index (κ1) is 23.9. The van der Waals surface area contributed by atoms with Crippen LogP contribution < -0.4 is 21.3 Å². The van der Waals surface area contributed by atoms with Crippen LogP contribution >= 0.6 is 0 Å². The molecule has 0 aliphatic rings. The minimum Gasteiger partial charge on any atom is -0.496 e. The number of halogens is 1. The van der Waals surface area contributed by atoms with Crippen molar-refractivity contribution in [3.8, 4) is 11.4 Å². The number of nitrogens with one attached hydrogen (secondary N) is 2. The Bertz CT molecular complexity index is 1440. The van der Waals surface area contributed by atoms with Gasteiger partial charge in [-0.3, -0.25) is 9.59 Å². The molecule has 4 rings (SSSR count). The lowest BCUT2D eigenvalue weighted by atomic mass is 9.93. The topological polar surface area (TPSA) is 128 Å². The Balaban J connectivity index is 1.62. The van der Waals surface area contributed by atoms with Crippen LogP contribution in [0, 0.1) is 11.7 Å². The standard InChI is InChI=1S/C25H27FN6O3/c1-13(2)14(3)21-20-22(23(27)29-30-25(20)34)32(31-21)17-8-5-15(6-9-17)12-28-24(33)18-11-16(26)7-10-19(18)35-4/h5-11,13-14H,12H2,1-4H3,(H2,27,29)(H,28,33)(H,30,34). The summed E-state index contributed by atoms with van der Waals surface area (Å²) < 4.78 is 20.4. The number of nitrogens with two attached hydrogens (primary N) is 1. The average Bonchev–Trinajstić information content (AvgIpc) is 3.26. The number of hydrogen-bond donors (Lipinski definition) is 3. The number of carbonyl (C=O) groups is 1. The molecule has 0 saturated carbocycles. The lowest BCUT2D eigenvalue weighted by Crippen LogP contribution is -2.23. The zero-order valence-corrected chi connectivity index (χ0v) is 19.9. The van der Waals surface area contributed by atoms with Gasteiger partial charge in [0.1, 0.15) is 17.1 Å². The third-order valence-corrected chi connectivity index (χ3v) is 6.13. The molecule has 0 radical (unpaired) electrons. The molecule has 182 valence electrons. The molecule has 2 heterocycles. The van der Waals surface area contributed by atoms with E-state index in [0.717, 1.165) is 11.6 Å². The summed E-state index contributed by atoms with van der Waals surface area (Å²) in [4.78, 5) is 25.2. The molecule has 0 aliphatic carbocycles. The van der Waals surface area contributed by atoms with E-state index in [-0.39, 0.29) is 41.1 Å². The molecule has 0 saturated heterocycles. The molecule has 2 aromatic heterocycles. The number of amides is 1. The number of nitrogen functional groups attached to an aromatic ring is 1. The second-order valence-electron chi connectivity index (χ2n) is 8.69. The van der Waals surface area contributed by atoms with E-state index in [9.17, 15) is 14.0 Å². The Hall–Kier alpha value is -4.21. The highest BCUT2D eigenvalue weighted by atomic mass is 19.1. The van der Waals surface area contributed by atoms with Crippen LogP contribution in [0.4, 0.5) is 10.2 Å². The van der Waals surface area contributed by atoms with Crippen LogP contribution in [-0.4, -0.2) is 33.0 Å². The third-order valence-electron chi connectivity index (χ3n) is 6.13. The molecule has 0 aliphatic heterocycles. The number of rotatable bonds is 7. The molecule has 0 bridgehead atoms. The zero-order chi connectivity index (χ0) is 25.3. The van der Waals surface area contributed by atoms with Crippen molar-refractivity contribution in [2.24, 2.45) is 5.92 Å². The van der Waals surface area contributed by atoms with E-state index in [1.54, 1.807) is 4.68 Å². The second-order valence-corrected chi connectivity index (χ2v) is 8.69. The van der Waals surface area contributed by atoms with Crippen LogP contribution in [0.1, 0.15) is 48.3 Å². The monoisotopic (exact) mass is 478 g/mol. The molecule has 1 atom stereocenters. The van der Waals surface area contributed by atoms with Gasteiger partial charge in [0.2, 0.25) is 0 Å². The molecule has 0 spiro atoms. The SMILES string of the molecule is COc1ccc(F)cc1C(=O)NCc1ccc(-n2nc(C(C)C(C)C)c3c(=O)[nH]nc(N)c32)cc1. The van der Waals surface area contributed by atoms with Gasteiger partial charge in [0.25, 0.3) is 11.5 Å².